The zero-order valence-electron chi connectivity index (χ0n) is 24.0. The first-order valence-corrected chi connectivity index (χ1v) is 13.6. The van der Waals surface area contributed by atoms with Gasteiger partial charge in [-0.1, -0.05) is 37.5 Å². The second-order valence-corrected chi connectivity index (χ2v) is 9.76. The fraction of sp³-hybridized carbons (Fsp3) is 0.212. The van der Waals surface area contributed by atoms with Gasteiger partial charge in [0.25, 0.3) is 0 Å². The molecule has 244 valence electrons. The van der Waals surface area contributed by atoms with E-state index >= 15 is 0 Å². The zero-order valence-corrected chi connectivity index (χ0v) is 24.0. The van der Waals surface area contributed by atoms with E-state index in [1.54, 1.807) is 12.4 Å². The van der Waals surface area contributed by atoms with Crippen LogP contribution in [0, 0.1) is 52.8 Å². The van der Waals surface area contributed by atoms with Gasteiger partial charge in [-0.25, -0.2) is 31.9 Å². The van der Waals surface area contributed by atoms with Crippen LogP contribution in [0.25, 0.3) is 0 Å². The summed E-state index contributed by atoms with van der Waals surface area (Å²) in [6.07, 6.45) is -2.69. The molecule has 4 rings (SSSR count). The van der Waals surface area contributed by atoms with E-state index in [9.17, 15) is 43.9 Å². The van der Waals surface area contributed by atoms with Crippen LogP contribution in [-0.2, 0) is 12.5 Å². The highest BCUT2D eigenvalue weighted by Crippen LogP contribution is 2.35. The number of rotatable bonds is 8. The number of aromatic nitrogens is 2. The van der Waals surface area contributed by atoms with E-state index < -0.39 is 69.7 Å². The molecule has 0 radical (unpaired) electrons. The summed E-state index contributed by atoms with van der Waals surface area (Å²) in [7, 11) is 0. The molecule has 0 fully saturated rings. The average Bonchev–Trinajstić information content (AvgIpc) is 2.97. The van der Waals surface area contributed by atoms with E-state index in [4.69, 9.17) is 0 Å². The van der Waals surface area contributed by atoms with Gasteiger partial charge in [0.2, 0.25) is 11.6 Å². The smallest absolute Gasteiger partial charge is 0.429 e. The molecule has 0 N–H and O–H groups in total. The number of hydrogen-bond acceptors (Lipinski definition) is 4. The van der Waals surface area contributed by atoms with Crippen LogP contribution in [0.4, 0.5) is 43.9 Å². The van der Waals surface area contributed by atoms with Crippen LogP contribution < -0.4 is 9.47 Å². The monoisotopic (exact) mass is 666 g/mol. The van der Waals surface area contributed by atoms with E-state index in [0.717, 1.165) is 37.3 Å². The topological polar surface area (TPSA) is 44.2 Å². The minimum Gasteiger partial charge on any atom is -0.429 e. The summed E-state index contributed by atoms with van der Waals surface area (Å²) in [4.78, 5) is 8.22. The van der Waals surface area contributed by atoms with Crippen molar-refractivity contribution in [2.45, 2.75) is 45.1 Å². The molecule has 0 aliphatic rings. The van der Waals surface area contributed by atoms with Gasteiger partial charge in [0.15, 0.2) is 11.6 Å². The number of benzene rings is 3. The van der Waals surface area contributed by atoms with Crippen molar-refractivity contribution in [3.05, 3.63) is 118 Å². The molecule has 0 atom stereocenters. The van der Waals surface area contributed by atoms with Crippen molar-refractivity contribution in [3.8, 4) is 35.2 Å². The van der Waals surface area contributed by atoms with E-state index in [1.807, 2.05) is 11.8 Å². The molecular formula is C33H20F10N2O2. The highest BCUT2D eigenvalue weighted by Gasteiger charge is 2.38. The van der Waals surface area contributed by atoms with Gasteiger partial charge < -0.3 is 9.47 Å². The molecular weight excluding hydrogens is 646 g/mol. The van der Waals surface area contributed by atoms with Gasteiger partial charge in [0.05, 0.1) is 5.56 Å². The van der Waals surface area contributed by atoms with Crippen LogP contribution in [0.5, 0.6) is 11.5 Å². The first-order chi connectivity index (χ1) is 22.1. The first kappa shape index (κ1) is 34.6. The Morgan fingerprint density at radius 2 is 1.26 bits per heavy atom. The Morgan fingerprint density at radius 1 is 0.660 bits per heavy atom. The molecule has 4 nitrogen and oxygen atoms in total. The fourth-order valence-electron chi connectivity index (χ4n) is 4.00. The molecule has 0 aliphatic carbocycles. The standard InChI is InChI=1S/C33H20F10N2O2/c1-2-3-4-5-21-17-44-30(45-18-21)11-8-19-7-10-24(27(36)12-19)32(39,40)46-22-15-25(34)23(26(35)16-22)9-6-20-13-28(37)31(29(38)14-20)47-33(41,42)43/h7,10,12-18H,2-5H2,1H3. The average molecular weight is 667 g/mol. The number of alkyl halides is 5. The lowest BCUT2D eigenvalue weighted by molar-refractivity contribution is -0.276. The summed E-state index contributed by atoms with van der Waals surface area (Å²) in [5.74, 6) is -1.88. The highest BCUT2D eigenvalue weighted by molar-refractivity contribution is 5.48. The third-order valence-corrected chi connectivity index (χ3v) is 6.19. The van der Waals surface area contributed by atoms with Gasteiger partial charge in [-0.15, -0.1) is 13.2 Å². The normalized spacial score (nSPS) is 11.3. The van der Waals surface area contributed by atoms with E-state index in [-0.39, 0.29) is 11.4 Å². The zero-order chi connectivity index (χ0) is 34.4. The van der Waals surface area contributed by atoms with Crippen LogP contribution >= 0.6 is 0 Å². The van der Waals surface area contributed by atoms with Crippen molar-refractivity contribution in [1.29, 1.82) is 0 Å². The van der Waals surface area contributed by atoms with Gasteiger partial charge in [-0.3, -0.25) is 0 Å². The molecule has 0 amide bonds. The summed E-state index contributed by atoms with van der Waals surface area (Å²) >= 11 is 0. The summed E-state index contributed by atoms with van der Waals surface area (Å²) < 4.78 is 146. The second-order valence-electron chi connectivity index (χ2n) is 9.76. The van der Waals surface area contributed by atoms with Crippen molar-refractivity contribution in [3.63, 3.8) is 0 Å². The molecule has 0 bridgehead atoms. The first-order valence-electron chi connectivity index (χ1n) is 13.6. The van der Waals surface area contributed by atoms with Gasteiger partial charge in [0.1, 0.15) is 28.8 Å². The number of aryl methyl sites for hydroxylation is 1. The molecule has 0 saturated carbocycles. The maximum absolute atomic E-state index is 14.8. The lowest BCUT2D eigenvalue weighted by Crippen LogP contribution is -2.23. The Morgan fingerprint density at radius 3 is 1.83 bits per heavy atom. The van der Waals surface area contributed by atoms with Gasteiger partial charge in [0, 0.05) is 35.7 Å². The summed E-state index contributed by atoms with van der Waals surface area (Å²) in [6, 6.07) is 3.67. The minimum atomic E-state index is -5.40. The molecule has 0 unspecified atom stereocenters. The molecule has 0 saturated heterocycles. The highest BCUT2D eigenvalue weighted by atomic mass is 19.4. The van der Waals surface area contributed by atoms with Crippen LogP contribution in [-0.4, -0.2) is 16.3 Å². The molecule has 0 aliphatic heterocycles. The van der Waals surface area contributed by atoms with Crippen LogP contribution in [0.15, 0.2) is 54.9 Å². The fourth-order valence-corrected chi connectivity index (χ4v) is 4.00. The lowest BCUT2D eigenvalue weighted by atomic mass is 10.1. The largest absolute Gasteiger partial charge is 0.573 e. The Kier molecular flexibility index (Phi) is 10.7. The van der Waals surface area contributed by atoms with Crippen LogP contribution in [0.2, 0.25) is 0 Å². The van der Waals surface area contributed by atoms with Crippen molar-refractivity contribution in [2.24, 2.45) is 0 Å². The van der Waals surface area contributed by atoms with Crippen molar-refractivity contribution < 1.29 is 53.4 Å². The van der Waals surface area contributed by atoms with E-state index in [1.165, 1.54) is 0 Å². The third kappa shape index (κ3) is 9.39. The Bertz CT molecular complexity index is 1840. The maximum atomic E-state index is 14.8. The molecule has 3 aromatic carbocycles. The Balaban J connectivity index is 1.48. The van der Waals surface area contributed by atoms with Crippen molar-refractivity contribution in [2.75, 3.05) is 0 Å². The van der Waals surface area contributed by atoms with Crippen LogP contribution in [0.3, 0.4) is 0 Å². The SMILES string of the molecule is CCCCCc1cnc(C#Cc2ccc(C(F)(F)Oc3cc(F)c(C#Cc4cc(F)c(OC(F)(F)F)c(F)c4)c(F)c3)c(F)c2)nc1. The molecule has 0 spiro atoms. The lowest BCUT2D eigenvalue weighted by Gasteiger charge is -2.19. The maximum Gasteiger partial charge on any atom is 0.573 e. The van der Waals surface area contributed by atoms with E-state index in [2.05, 4.69) is 38.2 Å². The third-order valence-electron chi connectivity index (χ3n) is 6.19. The Labute approximate surface area is 261 Å². The van der Waals surface area contributed by atoms with Crippen molar-refractivity contribution in [1.82, 2.24) is 9.97 Å². The quantitative estimate of drug-likeness (QED) is 0.107. The van der Waals surface area contributed by atoms with Gasteiger partial charge in [-0.05, 0) is 54.7 Å². The predicted molar refractivity (Wildman–Crippen MR) is 148 cm³/mol. The Hall–Kier alpha value is -5.24. The number of halogens is 10. The molecule has 14 heteroatoms. The summed E-state index contributed by atoms with van der Waals surface area (Å²) in [5, 5.41) is 0. The van der Waals surface area contributed by atoms with Crippen molar-refractivity contribution >= 4 is 0 Å². The second kappa shape index (κ2) is 14.5. The molecule has 1 heterocycles. The molecule has 4 aromatic rings. The molecule has 47 heavy (non-hydrogen) atoms. The minimum absolute atomic E-state index is 0.0000288. The number of hydrogen-bond donors (Lipinski definition) is 0. The summed E-state index contributed by atoms with van der Waals surface area (Å²) in [6.45, 7) is 2.08. The van der Waals surface area contributed by atoms with Crippen LogP contribution in [0.1, 0.15) is 59.8 Å². The number of unbranched alkanes of at least 4 members (excludes halogenated alkanes) is 2. The van der Waals surface area contributed by atoms with Gasteiger partial charge >= 0.3 is 12.5 Å². The summed E-state index contributed by atoms with van der Waals surface area (Å²) in [5.41, 5.74) is -2.04. The number of ether oxygens (including phenoxy) is 2. The number of nitrogens with zero attached hydrogens (tertiary/aromatic N) is 2. The predicted octanol–water partition coefficient (Wildman–Crippen LogP) is 8.73. The van der Waals surface area contributed by atoms with Gasteiger partial charge in [-0.2, -0.15) is 8.78 Å². The van der Waals surface area contributed by atoms with E-state index in [0.29, 0.717) is 36.4 Å². The molecule has 1 aromatic heterocycles.